The third kappa shape index (κ3) is 3.55. The molecule has 0 spiro atoms. The first-order valence-corrected chi connectivity index (χ1v) is 10.1. The van der Waals surface area contributed by atoms with Gasteiger partial charge in [-0.1, -0.05) is 6.07 Å². The van der Waals surface area contributed by atoms with Gasteiger partial charge >= 0.3 is 0 Å². The van der Waals surface area contributed by atoms with Gasteiger partial charge in [-0.15, -0.1) is 11.3 Å². The molecule has 26 heavy (non-hydrogen) atoms. The van der Waals surface area contributed by atoms with E-state index in [-0.39, 0.29) is 15.7 Å². The molecule has 0 bridgehead atoms. The molecule has 136 valence electrons. The highest BCUT2D eigenvalue weighted by Crippen LogP contribution is 2.27. The van der Waals surface area contributed by atoms with Gasteiger partial charge in [0.1, 0.15) is 27.4 Å². The lowest BCUT2D eigenvalue weighted by molar-refractivity contribution is 0.0977. The zero-order valence-electron chi connectivity index (χ0n) is 13.0. The number of hydrogen-bond donors (Lipinski definition) is 1. The molecule has 0 aliphatic heterocycles. The molecule has 0 radical (unpaired) electrons. The van der Waals surface area contributed by atoms with Crippen LogP contribution in [0.4, 0.5) is 8.78 Å². The Balaban J connectivity index is 1.93. The lowest BCUT2D eigenvalue weighted by atomic mass is 10.2. The monoisotopic (exact) mass is 461 g/mol. The molecule has 0 atom stereocenters. The third-order valence-corrected chi connectivity index (χ3v) is 6.78. The van der Waals surface area contributed by atoms with E-state index >= 15 is 0 Å². The number of halogens is 3. The highest BCUT2D eigenvalue weighted by Gasteiger charge is 2.24. The molecule has 2 aromatic heterocycles. The lowest BCUT2D eigenvalue weighted by Gasteiger charge is -2.04. The average molecular weight is 462 g/mol. The summed E-state index contributed by atoms with van der Waals surface area (Å²) in [7, 11) is -2.64. The van der Waals surface area contributed by atoms with Crippen LogP contribution < -0.4 is 4.72 Å². The summed E-state index contributed by atoms with van der Waals surface area (Å²) < 4.78 is 55.9. The van der Waals surface area contributed by atoms with E-state index in [1.807, 2.05) is 4.72 Å². The smallest absolute Gasteiger partial charge is 0.285 e. The number of carbonyl (C=O) groups is 1. The van der Waals surface area contributed by atoms with Crippen LogP contribution in [-0.2, 0) is 17.1 Å². The van der Waals surface area contributed by atoms with E-state index in [9.17, 15) is 22.0 Å². The van der Waals surface area contributed by atoms with Gasteiger partial charge in [0.2, 0.25) is 0 Å². The standard InChI is InChI=1S/C15H10BrF2N3O3S2/c1-21-7-10(19-14(21)13-8(17)3-2-4-9(13)18)15(22)20-26(23,24)12-6-5-11(16)25-12/h2-7H,1H3,(H,20,22). The van der Waals surface area contributed by atoms with E-state index in [1.54, 1.807) is 0 Å². The van der Waals surface area contributed by atoms with Crippen molar-refractivity contribution in [3.63, 3.8) is 0 Å². The van der Waals surface area contributed by atoms with Gasteiger partial charge in [-0.05, 0) is 40.2 Å². The first kappa shape index (κ1) is 18.7. The summed E-state index contributed by atoms with van der Waals surface area (Å²) in [4.78, 5) is 16.1. The number of imidazole rings is 1. The maximum atomic E-state index is 13.9. The van der Waals surface area contributed by atoms with Crippen molar-refractivity contribution in [2.45, 2.75) is 4.21 Å². The second-order valence-electron chi connectivity index (χ2n) is 5.15. The minimum atomic E-state index is -4.08. The van der Waals surface area contributed by atoms with E-state index < -0.39 is 33.1 Å². The summed E-state index contributed by atoms with van der Waals surface area (Å²) in [6, 6.07) is 6.20. The topological polar surface area (TPSA) is 81.1 Å². The Morgan fingerprint density at radius 3 is 2.46 bits per heavy atom. The predicted molar refractivity (Wildman–Crippen MR) is 95.2 cm³/mol. The first-order chi connectivity index (χ1) is 12.2. The minimum Gasteiger partial charge on any atom is -0.333 e. The van der Waals surface area contributed by atoms with Gasteiger partial charge in [0.15, 0.2) is 0 Å². The second-order valence-corrected chi connectivity index (χ2v) is 9.52. The van der Waals surface area contributed by atoms with Crippen molar-refractivity contribution in [3.05, 3.63) is 57.6 Å². The van der Waals surface area contributed by atoms with E-state index in [1.165, 1.54) is 36.0 Å². The summed E-state index contributed by atoms with van der Waals surface area (Å²) in [6.45, 7) is 0. The molecular weight excluding hydrogens is 452 g/mol. The molecule has 0 unspecified atom stereocenters. The summed E-state index contributed by atoms with van der Waals surface area (Å²) in [5.41, 5.74) is -0.691. The summed E-state index contributed by atoms with van der Waals surface area (Å²) >= 11 is 4.07. The van der Waals surface area contributed by atoms with Crippen LogP contribution in [0.1, 0.15) is 10.5 Å². The van der Waals surface area contributed by atoms with Gasteiger partial charge in [-0.3, -0.25) is 4.79 Å². The minimum absolute atomic E-state index is 0.0611. The molecule has 0 fully saturated rings. The predicted octanol–water partition coefficient (Wildman–Crippen LogP) is 3.31. The van der Waals surface area contributed by atoms with Crippen molar-refractivity contribution in [2.75, 3.05) is 0 Å². The second kappa shape index (κ2) is 6.89. The highest BCUT2D eigenvalue weighted by atomic mass is 79.9. The van der Waals surface area contributed by atoms with Gasteiger partial charge in [-0.2, -0.15) is 0 Å². The fourth-order valence-electron chi connectivity index (χ4n) is 2.19. The van der Waals surface area contributed by atoms with Gasteiger partial charge in [0.25, 0.3) is 15.9 Å². The van der Waals surface area contributed by atoms with Crippen LogP contribution in [0.5, 0.6) is 0 Å². The fourth-order valence-corrected chi connectivity index (χ4v) is 5.16. The van der Waals surface area contributed by atoms with Crippen LogP contribution in [0.3, 0.4) is 0 Å². The SMILES string of the molecule is Cn1cc(C(=O)NS(=O)(=O)c2ccc(Br)s2)nc1-c1c(F)cccc1F. The molecule has 2 heterocycles. The molecule has 6 nitrogen and oxygen atoms in total. The number of hydrogen-bond acceptors (Lipinski definition) is 5. The number of nitrogens with zero attached hydrogens (tertiary/aromatic N) is 2. The number of aryl methyl sites for hydroxylation is 1. The lowest BCUT2D eigenvalue weighted by Crippen LogP contribution is -2.30. The molecule has 0 aliphatic rings. The zero-order valence-corrected chi connectivity index (χ0v) is 16.3. The summed E-state index contributed by atoms with van der Waals surface area (Å²) in [5, 5.41) is 0. The van der Waals surface area contributed by atoms with Crippen molar-refractivity contribution in [3.8, 4) is 11.4 Å². The molecule has 0 aliphatic carbocycles. The molecule has 3 rings (SSSR count). The van der Waals surface area contributed by atoms with Crippen LogP contribution in [0.15, 0.2) is 44.5 Å². The number of rotatable bonds is 4. The Bertz CT molecular complexity index is 1090. The fraction of sp³-hybridized carbons (Fsp3) is 0.0667. The number of carbonyl (C=O) groups excluding carboxylic acids is 1. The number of aromatic nitrogens is 2. The van der Waals surface area contributed by atoms with Gasteiger partial charge in [-0.25, -0.2) is 26.9 Å². The third-order valence-electron chi connectivity index (χ3n) is 3.34. The average Bonchev–Trinajstić information content (AvgIpc) is 3.14. The number of benzene rings is 1. The van der Waals surface area contributed by atoms with E-state index in [0.29, 0.717) is 3.79 Å². The molecule has 11 heteroatoms. The Morgan fingerprint density at radius 2 is 1.88 bits per heavy atom. The summed E-state index contributed by atoms with van der Waals surface area (Å²) in [6.07, 6.45) is 1.19. The molecule has 1 aromatic carbocycles. The number of nitrogens with one attached hydrogen (secondary N) is 1. The maximum absolute atomic E-state index is 13.9. The van der Waals surface area contributed by atoms with Crippen molar-refractivity contribution in [1.82, 2.24) is 14.3 Å². The Labute approximate surface area is 159 Å². The van der Waals surface area contributed by atoms with Crippen molar-refractivity contribution in [2.24, 2.45) is 7.05 Å². The van der Waals surface area contributed by atoms with Gasteiger partial charge in [0, 0.05) is 13.2 Å². The van der Waals surface area contributed by atoms with Crippen LogP contribution in [0.25, 0.3) is 11.4 Å². The van der Waals surface area contributed by atoms with Crippen molar-refractivity contribution < 1.29 is 22.0 Å². The molecule has 1 amide bonds. The van der Waals surface area contributed by atoms with Crippen LogP contribution in [0.2, 0.25) is 0 Å². The Hall–Kier alpha value is -2.11. The number of sulfonamides is 1. The summed E-state index contributed by atoms with van der Waals surface area (Å²) in [5.74, 6) is -2.83. The van der Waals surface area contributed by atoms with E-state index in [4.69, 9.17) is 0 Å². The van der Waals surface area contributed by atoms with Crippen molar-refractivity contribution >= 4 is 43.2 Å². The molecule has 3 aromatic rings. The van der Waals surface area contributed by atoms with E-state index in [2.05, 4.69) is 20.9 Å². The van der Waals surface area contributed by atoms with Crippen molar-refractivity contribution in [1.29, 1.82) is 0 Å². The number of amides is 1. The van der Waals surface area contributed by atoms with Crippen LogP contribution in [-0.4, -0.2) is 23.9 Å². The first-order valence-electron chi connectivity index (χ1n) is 6.99. The Morgan fingerprint density at radius 1 is 1.23 bits per heavy atom. The van der Waals surface area contributed by atoms with Crippen LogP contribution in [0, 0.1) is 11.6 Å². The molecular formula is C15H10BrF2N3O3S2. The largest absolute Gasteiger partial charge is 0.333 e. The molecule has 0 saturated heterocycles. The van der Waals surface area contributed by atoms with E-state index in [0.717, 1.165) is 23.5 Å². The molecule has 1 N–H and O–H groups in total. The van der Waals surface area contributed by atoms with Gasteiger partial charge < -0.3 is 4.57 Å². The van der Waals surface area contributed by atoms with Gasteiger partial charge in [0.05, 0.1) is 9.35 Å². The normalized spacial score (nSPS) is 11.5. The van der Waals surface area contributed by atoms with Crippen LogP contribution >= 0.6 is 27.3 Å². The zero-order chi connectivity index (χ0) is 19.1. The highest BCUT2D eigenvalue weighted by molar-refractivity contribution is 9.11. The number of thiophene rings is 1. The maximum Gasteiger partial charge on any atom is 0.285 e. The molecule has 0 saturated carbocycles. The Kier molecular flexibility index (Phi) is 4.95. The quantitative estimate of drug-likeness (QED) is 0.646.